The highest BCUT2D eigenvalue weighted by Gasteiger charge is 2.43. The van der Waals surface area contributed by atoms with E-state index in [0.29, 0.717) is 32.9 Å². The van der Waals surface area contributed by atoms with Crippen molar-refractivity contribution in [2.24, 2.45) is 5.41 Å². The molecule has 0 aromatic heterocycles. The first kappa shape index (κ1) is 18.6. The maximum absolute atomic E-state index is 12.9. The Morgan fingerprint density at radius 2 is 2.05 bits per heavy atom. The smallest absolute Gasteiger partial charge is 0.231 e. The van der Waals surface area contributed by atoms with E-state index in [2.05, 4.69) is 5.32 Å². The van der Waals surface area contributed by atoms with Crippen molar-refractivity contribution in [2.75, 3.05) is 60.2 Å². The molecule has 0 saturated carbocycles. The summed E-state index contributed by atoms with van der Waals surface area (Å²) < 4.78 is 16.1. The van der Waals surface area contributed by atoms with E-state index < -0.39 is 0 Å². The van der Waals surface area contributed by atoms with Crippen molar-refractivity contribution in [3.05, 3.63) is 0 Å². The minimum atomic E-state index is -0.366. The molecule has 7 heteroatoms. The number of halogens is 1. The van der Waals surface area contributed by atoms with Gasteiger partial charge in [-0.15, -0.1) is 12.4 Å². The summed E-state index contributed by atoms with van der Waals surface area (Å²) in [5.41, 5.74) is -0.366. The van der Waals surface area contributed by atoms with Crippen molar-refractivity contribution >= 4 is 18.3 Å². The van der Waals surface area contributed by atoms with Gasteiger partial charge >= 0.3 is 0 Å². The number of methoxy groups -OCH3 is 2. The quantitative estimate of drug-likeness (QED) is 0.789. The summed E-state index contributed by atoms with van der Waals surface area (Å²) in [4.78, 5) is 14.9. The average molecular weight is 323 g/mol. The van der Waals surface area contributed by atoms with E-state index in [9.17, 15) is 4.79 Å². The van der Waals surface area contributed by atoms with E-state index in [1.807, 2.05) is 4.90 Å². The Bertz CT molecular complexity index is 317. The van der Waals surface area contributed by atoms with E-state index >= 15 is 0 Å². The standard InChI is InChI=1S/C14H26N2O4.ClH/c1-18-10-12-9-16(7-8-20-12)13(17)14(11-19-2)3-5-15-6-4-14;/h12,15H,3-11H2,1-2H3;1H. The Hall–Kier alpha value is -0.400. The summed E-state index contributed by atoms with van der Waals surface area (Å²) >= 11 is 0. The molecule has 0 spiro atoms. The highest BCUT2D eigenvalue weighted by molar-refractivity contribution is 5.85. The highest BCUT2D eigenvalue weighted by atomic mass is 35.5. The summed E-state index contributed by atoms with van der Waals surface area (Å²) in [7, 11) is 3.33. The lowest BCUT2D eigenvalue weighted by molar-refractivity contribution is -0.156. The van der Waals surface area contributed by atoms with Crippen molar-refractivity contribution in [3.63, 3.8) is 0 Å². The molecule has 2 aliphatic rings. The third-order valence-corrected chi connectivity index (χ3v) is 4.21. The minimum Gasteiger partial charge on any atom is -0.384 e. The zero-order valence-corrected chi connectivity index (χ0v) is 13.7. The van der Waals surface area contributed by atoms with E-state index in [1.54, 1.807) is 14.2 Å². The van der Waals surface area contributed by atoms with E-state index in [-0.39, 0.29) is 29.8 Å². The molecule has 2 saturated heterocycles. The number of piperidine rings is 1. The van der Waals surface area contributed by atoms with Crippen LogP contribution in [0.15, 0.2) is 0 Å². The van der Waals surface area contributed by atoms with Crippen LogP contribution in [0, 0.1) is 5.41 Å². The number of rotatable bonds is 5. The third-order valence-electron chi connectivity index (χ3n) is 4.21. The second kappa shape index (κ2) is 8.90. The van der Waals surface area contributed by atoms with Crippen LogP contribution in [0.1, 0.15) is 12.8 Å². The molecular weight excluding hydrogens is 296 g/mol. The van der Waals surface area contributed by atoms with Gasteiger partial charge in [0.15, 0.2) is 0 Å². The Labute approximate surface area is 132 Å². The Morgan fingerprint density at radius 1 is 1.33 bits per heavy atom. The van der Waals surface area contributed by atoms with Gasteiger partial charge in [0.1, 0.15) is 0 Å². The number of morpholine rings is 1. The average Bonchev–Trinajstić information content (AvgIpc) is 2.48. The van der Waals surface area contributed by atoms with E-state index in [1.165, 1.54) is 0 Å². The topological polar surface area (TPSA) is 60.0 Å². The maximum atomic E-state index is 12.9. The molecule has 6 nitrogen and oxygen atoms in total. The summed E-state index contributed by atoms with van der Waals surface area (Å²) in [5.74, 6) is 0.213. The normalized spacial score (nSPS) is 25.2. The Morgan fingerprint density at radius 3 is 2.67 bits per heavy atom. The Kier molecular flexibility index (Phi) is 7.90. The number of hydrogen-bond acceptors (Lipinski definition) is 5. The number of amides is 1. The van der Waals surface area contributed by atoms with Crippen molar-refractivity contribution in [2.45, 2.75) is 18.9 Å². The molecule has 1 amide bonds. The summed E-state index contributed by atoms with van der Waals surface area (Å²) in [6, 6.07) is 0. The van der Waals surface area contributed by atoms with Crippen molar-refractivity contribution < 1.29 is 19.0 Å². The molecular formula is C14H27ClN2O4. The lowest BCUT2D eigenvalue weighted by atomic mass is 9.78. The van der Waals surface area contributed by atoms with Crippen LogP contribution >= 0.6 is 12.4 Å². The van der Waals surface area contributed by atoms with Crippen LogP contribution in [-0.4, -0.2) is 77.1 Å². The molecule has 2 aliphatic heterocycles. The molecule has 2 rings (SSSR count). The molecule has 0 aliphatic carbocycles. The lowest BCUT2D eigenvalue weighted by Crippen LogP contribution is -2.56. The highest BCUT2D eigenvalue weighted by Crippen LogP contribution is 2.32. The lowest BCUT2D eigenvalue weighted by Gasteiger charge is -2.42. The maximum Gasteiger partial charge on any atom is 0.231 e. The molecule has 2 heterocycles. The van der Waals surface area contributed by atoms with Crippen LogP contribution in [-0.2, 0) is 19.0 Å². The van der Waals surface area contributed by atoms with Crippen LogP contribution in [0.4, 0.5) is 0 Å². The molecule has 124 valence electrons. The van der Waals surface area contributed by atoms with Gasteiger partial charge in [0.05, 0.1) is 31.3 Å². The molecule has 1 N–H and O–H groups in total. The van der Waals surface area contributed by atoms with Crippen LogP contribution in [0.5, 0.6) is 0 Å². The van der Waals surface area contributed by atoms with Crippen LogP contribution < -0.4 is 5.32 Å². The molecule has 1 atom stereocenters. The SMILES string of the molecule is COCC1CN(C(=O)C2(COC)CCNCC2)CCO1.Cl. The van der Waals surface area contributed by atoms with Crippen LogP contribution in [0.2, 0.25) is 0 Å². The van der Waals surface area contributed by atoms with Crippen molar-refractivity contribution in [3.8, 4) is 0 Å². The van der Waals surface area contributed by atoms with Gasteiger partial charge in [0.2, 0.25) is 5.91 Å². The zero-order valence-electron chi connectivity index (χ0n) is 12.9. The number of ether oxygens (including phenoxy) is 3. The fourth-order valence-electron chi connectivity index (χ4n) is 3.13. The molecule has 0 aromatic rings. The predicted octanol–water partition coefficient (Wildman–Crippen LogP) is 0.298. The minimum absolute atomic E-state index is 0. The van der Waals surface area contributed by atoms with Gasteiger partial charge in [-0.2, -0.15) is 0 Å². The van der Waals surface area contributed by atoms with Gasteiger partial charge in [0.25, 0.3) is 0 Å². The van der Waals surface area contributed by atoms with Crippen molar-refractivity contribution in [1.82, 2.24) is 10.2 Å². The predicted molar refractivity (Wildman–Crippen MR) is 81.9 cm³/mol. The third kappa shape index (κ3) is 4.53. The van der Waals surface area contributed by atoms with Gasteiger partial charge < -0.3 is 24.4 Å². The number of nitrogens with one attached hydrogen (secondary N) is 1. The van der Waals surface area contributed by atoms with Crippen LogP contribution in [0.3, 0.4) is 0 Å². The number of nitrogens with zero attached hydrogens (tertiary/aromatic N) is 1. The summed E-state index contributed by atoms with van der Waals surface area (Å²) in [6.07, 6.45) is 1.66. The fraction of sp³-hybridized carbons (Fsp3) is 0.929. The molecule has 0 aromatic carbocycles. The molecule has 0 bridgehead atoms. The molecule has 1 unspecified atom stereocenters. The molecule has 0 radical (unpaired) electrons. The first-order chi connectivity index (χ1) is 9.72. The van der Waals surface area contributed by atoms with E-state index in [0.717, 1.165) is 25.9 Å². The summed E-state index contributed by atoms with van der Waals surface area (Å²) in [5, 5.41) is 3.31. The van der Waals surface area contributed by atoms with Gasteiger partial charge in [-0.05, 0) is 25.9 Å². The Balaban J connectivity index is 0.00000220. The van der Waals surface area contributed by atoms with E-state index in [4.69, 9.17) is 14.2 Å². The monoisotopic (exact) mass is 322 g/mol. The fourth-order valence-corrected chi connectivity index (χ4v) is 3.13. The molecule has 21 heavy (non-hydrogen) atoms. The van der Waals surface area contributed by atoms with Crippen LogP contribution in [0.25, 0.3) is 0 Å². The number of hydrogen-bond donors (Lipinski definition) is 1. The largest absolute Gasteiger partial charge is 0.384 e. The van der Waals surface area contributed by atoms with Gasteiger partial charge in [-0.25, -0.2) is 0 Å². The number of carbonyl (C=O) groups is 1. The van der Waals surface area contributed by atoms with Gasteiger partial charge in [0, 0.05) is 27.3 Å². The zero-order chi connectivity index (χ0) is 14.4. The summed E-state index contributed by atoms with van der Waals surface area (Å²) in [6.45, 7) is 4.65. The second-order valence-electron chi connectivity index (χ2n) is 5.66. The van der Waals surface area contributed by atoms with Gasteiger partial charge in [-0.1, -0.05) is 0 Å². The van der Waals surface area contributed by atoms with Gasteiger partial charge in [-0.3, -0.25) is 4.79 Å². The first-order valence-corrected chi connectivity index (χ1v) is 7.31. The number of carbonyl (C=O) groups excluding carboxylic acids is 1. The first-order valence-electron chi connectivity index (χ1n) is 7.31. The second-order valence-corrected chi connectivity index (χ2v) is 5.66. The molecule has 2 fully saturated rings. The van der Waals surface area contributed by atoms with Crippen molar-refractivity contribution in [1.29, 1.82) is 0 Å².